The van der Waals surface area contributed by atoms with Crippen LogP contribution in [0.2, 0.25) is 0 Å². The van der Waals surface area contributed by atoms with Gasteiger partial charge in [0, 0.05) is 13.5 Å². The maximum Gasteiger partial charge on any atom is 0.471 e. The van der Waals surface area contributed by atoms with E-state index in [1.54, 1.807) is 19.2 Å². The van der Waals surface area contributed by atoms with E-state index >= 15 is 0 Å². The fourth-order valence-corrected chi connectivity index (χ4v) is 4.77. The fourth-order valence-electron chi connectivity index (χ4n) is 4.77. The third-order valence-electron chi connectivity index (χ3n) is 6.76. The molecule has 2 N–H and O–H groups in total. The first kappa shape index (κ1) is 29.6. The van der Waals surface area contributed by atoms with Crippen molar-refractivity contribution in [2.75, 3.05) is 13.6 Å². The Morgan fingerprint density at radius 2 is 1.90 bits per heavy atom. The molecule has 1 spiro atoms. The van der Waals surface area contributed by atoms with E-state index in [0.717, 1.165) is 17.4 Å². The van der Waals surface area contributed by atoms with E-state index in [1.807, 2.05) is 30.3 Å². The number of rotatable bonds is 8. The highest BCUT2D eigenvalue weighted by atomic mass is 19.4. The molecule has 39 heavy (non-hydrogen) atoms. The second-order valence-electron chi connectivity index (χ2n) is 10.3. The number of carbonyl (C=O) groups is 4. The number of likely N-dealkylation sites (tertiary alicyclic amines) is 1. The summed E-state index contributed by atoms with van der Waals surface area (Å²) in [6.07, 6.45) is -5.72. The van der Waals surface area contributed by atoms with Gasteiger partial charge in [0.15, 0.2) is 5.54 Å². The first-order valence-electron chi connectivity index (χ1n) is 12.4. The van der Waals surface area contributed by atoms with Crippen molar-refractivity contribution in [2.45, 2.75) is 70.0 Å². The number of hydrogen-bond acceptors (Lipinski definition) is 5. The third kappa shape index (κ3) is 6.55. The Morgan fingerprint density at radius 3 is 2.46 bits per heavy atom. The Labute approximate surface area is 224 Å². The van der Waals surface area contributed by atoms with Gasteiger partial charge < -0.3 is 15.5 Å². The normalized spacial score (nSPS) is 22.2. The molecule has 1 saturated heterocycles. The van der Waals surface area contributed by atoms with Crippen LogP contribution in [0.15, 0.2) is 35.3 Å². The lowest BCUT2D eigenvalue weighted by Gasteiger charge is -2.33. The van der Waals surface area contributed by atoms with Crippen molar-refractivity contribution >= 4 is 29.5 Å². The molecule has 0 aromatic heterocycles. The summed E-state index contributed by atoms with van der Waals surface area (Å²) in [4.78, 5) is 61.4. The highest BCUT2D eigenvalue weighted by Gasteiger charge is 2.58. The molecule has 10 nitrogen and oxygen atoms in total. The van der Waals surface area contributed by atoms with Crippen LogP contribution in [0.1, 0.15) is 39.2 Å². The highest BCUT2D eigenvalue weighted by molar-refractivity contribution is 6.09. The lowest BCUT2D eigenvalue weighted by atomic mass is 9.98. The average Bonchev–Trinajstić information content (AvgIpc) is 3.39. The molecule has 1 fully saturated rings. The molecule has 0 saturated carbocycles. The third-order valence-corrected chi connectivity index (χ3v) is 6.76. The van der Waals surface area contributed by atoms with Crippen LogP contribution in [0.4, 0.5) is 13.2 Å². The van der Waals surface area contributed by atoms with Gasteiger partial charge in [-0.05, 0) is 24.8 Å². The molecule has 0 unspecified atom stereocenters. The quantitative estimate of drug-likeness (QED) is 0.483. The molecule has 0 aliphatic carbocycles. The Morgan fingerprint density at radius 1 is 1.26 bits per heavy atom. The minimum absolute atomic E-state index is 0.0313. The van der Waals surface area contributed by atoms with E-state index in [9.17, 15) is 32.3 Å². The molecule has 2 heterocycles. The van der Waals surface area contributed by atoms with Crippen LogP contribution in [-0.2, 0) is 25.6 Å². The first-order valence-corrected chi connectivity index (χ1v) is 12.4. The number of carbonyl (C=O) groups excluding carboxylic acids is 4. The highest BCUT2D eigenvalue weighted by Crippen LogP contribution is 2.36. The Bertz CT molecular complexity index is 1200. The summed E-state index contributed by atoms with van der Waals surface area (Å²) in [6, 6.07) is 6.64. The summed E-state index contributed by atoms with van der Waals surface area (Å²) in [5.41, 5.74) is -0.432. The minimum Gasteiger partial charge on any atom is -0.337 e. The van der Waals surface area contributed by atoms with Gasteiger partial charge in [-0.1, -0.05) is 44.2 Å². The van der Waals surface area contributed by atoms with Crippen molar-refractivity contribution in [1.82, 2.24) is 20.4 Å². The molecule has 3 rings (SSSR count). The van der Waals surface area contributed by atoms with Gasteiger partial charge in [-0.15, -0.1) is 0 Å². The number of aliphatic imine (C=N–C) groups is 1. The molecule has 2 aliphatic rings. The number of benzene rings is 1. The SMILES string of the molecule is [C-]#[N+][C@@H]1C[C@]2(CN1C(=O)[C@H](CC(C)C)N(C)C(=O)[C@H](C)NC(=O)C(F)(F)F)N=C(Cc1ccccc1)NC2=O. The van der Waals surface area contributed by atoms with Crippen LogP contribution in [-0.4, -0.2) is 82.8 Å². The van der Waals surface area contributed by atoms with Gasteiger partial charge in [-0.3, -0.25) is 33.9 Å². The topological polar surface area (TPSA) is 116 Å². The number of nitrogens with one attached hydrogen (secondary N) is 2. The van der Waals surface area contributed by atoms with E-state index in [2.05, 4.69) is 15.2 Å². The molecular weight excluding hydrogens is 517 g/mol. The van der Waals surface area contributed by atoms with Crippen molar-refractivity contribution < 1.29 is 32.3 Å². The van der Waals surface area contributed by atoms with Crippen molar-refractivity contribution in [2.24, 2.45) is 10.9 Å². The van der Waals surface area contributed by atoms with Gasteiger partial charge in [-0.2, -0.15) is 13.2 Å². The van der Waals surface area contributed by atoms with Crippen LogP contribution in [0, 0.1) is 12.5 Å². The summed E-state index contributed by atoms with van der Waals surface area (Å²) in [7, 11) is 1.26. The zero-order chi connectivity index (χ0) is 29.1. The van der Waals surface area contributed by atoms with Crippen molar-refractivity contribution in [3.63, 3.8) is 0 Å². The molecule has 210 valence electrons. The monoisotopic (exact) mass is 548 g/mol. The number of halogens is 3. The molecule has 1 aromatic rings. The van der Waals surface area contributed by atoms with Crippen LogP contribution in [0.5, 0.6) is 0 Å². The number of alkyl halides is 3. The summed E-state index contributed by atoms with van der Waals surface area (Å²) < 4.78 is 38.0. The lowest BCUT2D eigenvalue weighted by molar-refractivity contribution is -0.175. The van der Waals surface area contributed by atoms with Crippen LogP contribution in [0.3, 0.4) is 0 Å². The molecule has 1 aromatic carbocycles. The number of likely N-dealkylation sites (N-methyl/N-ethyl adjacent to an activating group) is 1. The summed E-state index contributed by atoms with van der Waals surface area (Å²) in [6.45, 7) is 12.2. The molecule has 4 atom stereocenters. The number of hydrogen-bond donors (Lipinski definition) is 2. The largest absolute Gasteiger partial charge is 0.471 e. The number of nitrogens with zero attached hydrogens (tertiary/aromatic N) is 4. The zero-order valence-electron chi connectivity index (χ0n) is 22.1. The maximum atomic E-state index is 13.8. The van der Waals surface area contributed by atoms with Gasteiger partial charge in [0.05, 0.1) is 13.0 Å². The van der Waals surface area contributed by atoms with E-state index in [1.165, 1.54) is 11.9 Å². The number of amides is 4. The van der Waals surface area contributed by atoms with Crippen LogP contribution in [0.25, 0.3) is 4.85 Å². The van der Waals surface area contributed by atoms with Crippen LogP contribution < -0.4 is 10.6 Å². The molecule has 0 radical (unpaired) electrons. The maximum absolute atomic E-state index is 13.8. The predicted octanol–water partition coefficient (Wildman–Crippen LogP) is 1.91. The van der Waals surface area contributed by atoms with Gasteiger partial charge >= 0.3 is 18.2 Å². The van der Waals surface area contributed by atoms with Gasteiger partial charge in [0.2, 0.25) is 5.91 Å². The Kier molecular flexibility index (Phi) is 8.67. The average molecular weight is 549 g/mol. The second-order valence-corrected chi connectivity index (χ2v) is 10.3. The summed E-state index contributed by atoms with van der Waals surface area (Å²) in [5, 5.41) is 4.37. The Balaban J connectivity index is 1.82. The second kappa shape index (κ2) is 11.4. The zero-order valence-corrected chi connectivity index (χ0v) is 22.1. The van der Waals surface area contributed by atoms with E-state index in [0.29, 0.717) is 12.3 Å². The van der Waals surface area contributed by atoms with E-state index in [-0.39, 0.29) is 25.3 Å². The standard InChI is InChI=1S/C26H31F3N6O4/c1-15(2)11-18(34(5)21(36)16(3)31-24(39)26(27,28)29)22(37)35-14-25(13-20(35)30-4)23(38)32-19(33-25)12-17-9-7-6-8-10-17/h6-10,15-16,18,20H,11-14H2,1-3,5H3,(H,31,39)(H,32,33,38)/t16-,18-,20-,25+/m0/s1. The molecule has 0 bridgehead atoms. The number of amidine groups is 1. The minimum atomic E-state index is -5.17. The predicted molar refractivity (Wildman–Crippen MR) is 135 cm³/mol. The Hall–Kier alpha value is -3.95. The van der Waals surface area contributed by atoms with Crippen molar-refractivity contribution in [1.29, 1.82) is 0 Å². The van der Waals surface area contributed by atoms with Gasteiger partial charge in [0.1, 0.15) is 17.9 Å². The van der Waals surface area contributed by atoms with Crippen LogP contribution >= 0.6 is 0 Å². The van der Waals surface area contributed by atoms with Gasteiger partial charge in [0.25, 0.3) is 11.8 Å². The van der Waals surface area contributed by atoms with Crippen molar-refractivity contribution in [3.05, 3.63) is 47.3 Å². The smallest absolute Gasteiger partial charge is 0.337 e. The van der Waals surface area contributed by atoms with E-state index < -0.39 is 53.6 Å². The molecular formula is C26H31F3N6O4. The summed E-state index contributed by atoms with van der Waals surface area (Å²) in [5.74, 6) is -3.90. The van der Waals surface area contributed by atoms with E-state index in [4.69, 9.17) is 6.57 Å². The lowest BCUT2D eigenvalue weighted by Crippen LogP contribution is -2.56. The fraction of sp³-hybridized carbons (Fsp3) is 0.538. The van der Waals surface area contributed by atoms with Gasteiger partial charge in [-0.25, -0.2) is 6.57 Å². The molecule has 13 heteroatoms. The first-order chi connectivity index (χ1) is 18.2. The summed E-state index contributed by atoms with van der Waals surface area (Å²) >= 11 is 0. The molecule has 4 amide bonds. The molecule has 2 aliphatic heterocycles. The van der Waals surface area contributed by atoms with Crippen molar-refractivity contribution in [3.8, 4) is 0 Å².